The van der Waals surface area contributed by atoms with Crippen LogP contribution in [0.5, 0.6) is 0 Å². The lowest BCUT2D eigenvalue weighted by molar-refractivity contribution is -0.143. The molecule has 2 aliphatic rings. The van der Waals surface area contributed by atoms with Crippen molar-refractivity contribution < 1.29 is 14.3 Å². The number of hydrogen-bond donors (Lipinski definition) is 1. The maximum Gasteiger partial charge on any atom is 0.415 e. The van der Waals surface area contributed by atoms with E-state index in [9.17, 15) is 9.59 Å². The van der Waals surface area contributed by atoms with E-state index in [4.69, 9.17) is 0 Å². The fourth-order valence-electron chi connectivity index (χ4n) is 1.30. The summed E-state index contributed by atoms with van der Waals surface area (Å²) in [4.78, 5) is 21.8. The van der Waals surface area contributed by atoms with Gasteiger partial charge in [0.15, 0.2) is 0 Å². The number of carbonyl (C=O) groups is 2. The second kappa shape index (κ2) is 2.48. The maximum atomic E-state index is 11.1. The van der Waals surface area contributed by atoms with Crippen molar-refractivity contribution in [2.24, 2.45) is 5.92 Å². The normalized spacial score (nSPS) is 32.3. The summed E-state index contributed by atoms with van der Waals surface area (Å²) in [7, 11) is 0. The third-order valence-electron chi connectivity index (χ3n) is 1.88. The van der Waals surface area contributed by atoms with E-state index in [0.717, 1.165) is 0 Å². The molecule has 1 fully saturated rings. The van der Waals surface area contributed by atoms with Gasteiger partial charge in [-0.15, -0.1) is 0 Å². The number of fused-ring (bicyclic) bond motifs is 1. The summed E-state index contributed by atoms with van der Waals surface area (Å²) in [6, 6.07) is -0.233. The Hall–Kier alpha value is -1.58. The molecule has 1 saturated heterocycles. The molecule has 1 amide bonds. The van der Waals surface area contributed by atoms with E-state index in [0.29, 0.717) is 0 Å². The Morgan fingerprint density at radius 2 is 2.00 bits per heavy atom. The van der Waals surface area contributed by atoms with Gasteiger partial charge in [0.25, 0.3) is 0 Å². The molecule has 2 atom stereocenters. The lowest BCUT2D eigenvalue weighted by Gasteiger charge is -2.27. The molecule has 1 aliphatic carbocycles. The minimum Gasteiger partial charge on any atom is -0.376 e. The zero-order valence-corrected chi connectivity index (χ0v) is 6.19. The number of cyclic esters (lactones) is 2. The third-order valence-corrected chi connectivity index (χ3v) is 1.88. The molecule has 1 N–H and O–H groups in total. The van der Waals surface area contributed by atoms with Gasteiger partial charge in [-0.1, -0.05) is 24.3 Å². The SMILES string of the molecule is O=C1NC2C=CC=CC2C(=O)O1. The van der Waals surface area contributed by atoms with Gasteiger partial charge in [0.05, 0.1) is 12.0 Å². The van der Waals surface area contributed by atoms with Crippen molar-refractivity contribution in [3.05, 3.63) is 24.3 Å². The smallest absolute Gasteiger partial charge is 0.376 e. The number of ether oxygens (including phenoxy) is 1. The second-order valence-electron chi connectivity index (χ2n) is 2.67. The second-order valence-corrected chi connectivity index (χ2v) is 2.67. The summed E-state index contributed by atoms with van der Waals surface area (Å²) in [6.07, 6.45) is 6.37. The van der Waals surface area contributed by atoms with Gasteiger partial charge < -0.3 is 10.1 Å². The minimum atomic E-state index is -0.666. The average molecular weight is 165 g/mol. The highest BCUT2D eigenvalue weighted by Gasteiger charge is 2.34. The molecule has 1 heterocycles. The minimum absolute atomic E-state index is 0.233. The maximum absolute atomic E-state index is 11.1. The van der Waals surface area contributed by atoms with Gasteiger partial charge in [-0.2, -0.15) is 0 Å². The van der Waals surface area contributed by atoms with Crippen LogP contribution in [-0.4, -0.2) is 18.1 Å². The van der Waals surface area contributed by atoms with E-state index < -0.39 is 12.1 Å². The number of carbonyl (C=O) groups excluding carboxylic acids is 2. The monoisotopic (exact) mass is 165 g/mol. The highest BCUT2D eigenvalue weighted by atomic mass is 16.6. The predicted octanol–water partition coefficient (Wildman–Crippen LogP) is 0.364. The molecule has 4 heteroatoms. The fraction of sp³-hybridized carbons (Fsp3) is 0.250. The summed E-state index contributed by atoms with van der Waals surface area (Å²) >= 11 is 0. The standard InChI is InChI=1S/C8H7NO3/c10-7-5-3-1-2-4-6(5)9-8(11)12-7/h1-6H,(H,9,11). The Balaban J connectivity index is 2.25. The molecule has 0 aromatic heterocycles. The molecule has 2 rings (SSSR count). The topological polar surface area (TPSA) is 55.4 Å². The van der Waals surface area contributed by atoms with Crippen molar-refractivity contribution in [1.29, 1.82) is 0 Å². The number of amides is 1. The first-order chi connectivity index (χ1) is 5.77. The Kier molecular flexibility index (Phi) is 1.46. The van der Waals surface area contributed by atoms with E-state index in [1.807, 2.05) is 0 Å². The van der Waals surface area contributed by atoms with Crippen LogP contribution in [0.25, 0.3) is 0 Å². The first-order valence-electron chi connectivity index (χ1n) is 3.64. The molecule has 1 aliphatic heterocycles. The van der Waals surface area contributed by atoms with E-state index in [-0.39, 0.29) is 12.0 Å². The van der Waals surface area contributed by atoms with Gasteiger partial charge in [0.2, 0.25) is 0 Å². The molecular weight excluding hydrogens is 158 g/mol. The van der Waals surface area contributed by atoms with E-state index in [2.05, 4.69) is 10.1 Å². The summed E-state index contributed by atoms with van der Waals surface area (Å²) < 4.78 is 4.38. The Bertz CT molecular complexity index is 293. The number of hydrogen-bond acceptors (Lipinski definition) is 3. The van der Waals surface area contributed by atoms with Crippen LogP contribution in [0, 0.1) is 5.92 Å². The van der Waals surface area contributed by atoms with Crippen LogP contribution in [0.3, 0.4) is 0 Å². The molecule has 0 saturated carbocycles. The molecule has 12 heavy (non-hydrogen) atoms. The van der Waals surface area contributed by atoms with E-state index >= 15 is 0 Å². The number of nitrogens with one attached hydrogen (secondary N) is 1. The number of allylic oxidation sites excluding steroid dienone is 2. The molecule has 0 spiro atoms. The van der Waals surface area contributed by atoms with Crippen LogP contribution < -0.4 is 5.32 Å². The van der Waals surface area contributed by atoms with Crippen molar-refractivity contribution >= 4 is 12.1 Å². The van der Waals surface area contributed by atoms with E-state index in [1.54, 1.807) is 24.3 Å². The van der Waals surface area contributed by atoms with Crippen LogP contribution in [0.1, 0.15) is 0 Å². The zero-order valence-electron chi connectivity index (χ0n) is 6.19. The number of rotatable bonds is 0. The van der Waals surface area contributed by atoms with Crippen LogP contribution >= 0.6 is 0 Å². The summed E-state index contributed by atoms with van der Waals surface area (Å²) in [5, 5.41) is 2.53. The van der Waals surface area contributed by atoms with Crippen molar-refractivity contribution in [3.63, 3.8) is 0 Å². The molecule has 4 nitrogen and oxygen atoms in total. The van der Waals surface area contributed by atoms with Crippen molar-refractivity contribution in [2.75, 3.05) is 0 Å². The largest absolute Gasteiger partial charge is 0.415 e. The lowest BCUT2D eigenvalue weighted by Crippen LogP contribution is -2.49. The highest BCUT2D eigenvalue weighted by molar-refractivity contribution is 5.91. The van der Waals surface area contributed by atoms with Gasteiger partial charge in [-0.25, -0.2) is 4.79 Å². The Labute approximate surface area is 68.9 Å². The lowest BCUT2D eigenvalue weighted by atomic mass is 9.94. The molecule has 2 unspecified atom stereocenters. The van der Waals surface area contributed by atoms with Crippen molar-refractivity contribution in [2.45, 2.75) is 6.04 Å². The number of esters is 1. The average Bonchev–Trinajstić information content (AvgIpc) is 2.04. The first-order valence-corrected chi connectivity index (χ1v) is 3.64. The third kappa shape index (κ3) is 1.01. The van der Waals surface area contributed by atoms with Crippen LogP contribution in [0.15, 0.2) is 24.3 Å². The molecular formula is C8H7NO3. The van der Waals surface area contributed by atoms with Gasteiger partial charge in [0, 0.05) is 0 Å². The zero-order chi connectivity index (χ0) is 8.55. The molecule has 0 radical (unpaired) electrons. The molecule has 62 valence electrons. The van der Waals surface area contributed by atoms with Crippen LogP contribution in [-0.2, 0) is 9.53 Å². The summed E-state index contributed by atoms with van der Waals surface area (Å²) in [5.41, 5.74) is 0. The highest BCUT2D eigenvalue weighted by Crippen LogP contribution is 2.18. The van der Waals surface area contributed by atoms with Gasteiger partial charge >= 0.3 is 12.1 Å². The van der Waals surface area contributed by atoms with E-state index in [1.165, 1.54) is 0 Å². The van der Waals surface area contributed by atoms with Crippen molar-refractivity contribution in [1.82, 2.24) is 5.32 Å². The Morgan fingerprint density at radius 1 is 1.25 bits per heavy atom. The van der Waals surface area contributed by atoms with Gasteiger partial charge in [-0.05, 0) is 0 Å². The predicted molar refractivity (Wildman–Crippen MR) is 40.2 cm³/mol. The van der Waals surface area contributed by atoms with Gasteiger partial charge in [0.1, 0.15) is 0 Å². The molecule has 0 aromatic carbocycles. The van der Waals surface area contributed by atoms with Gasteiger partial charge in [-0.3, -0.25) is 4.79 Å². The summed E-state index contributed by atoms with van der Waals surface area (Å²) in [6.45, 7) is 0. The van der Waals surface area contributed by atoms with Crippen LogP contribution in [0.4, 0.5) is 4.79 Å². The first kappa shape index (κ1) is 7.09. The van der Waals surface area contributed by atoms with Crippen LogP contribution in [0.2, 0.25) is 0 Å². The van der Waals surface area contributed by atoms with Crippen molar-refractivity contribution in [3.8, 4) is 0 Å². The fourth-order valence-corrected chi connectivity index (χ4v) is 1.30. The number of alkyl carbamates (subject to hydrolysis) is 1. The molecule has 0 bridgehead atoms. The summed E-state index contributed by atoms with van der Waals surface area (Å²) in [5.74, 6) is -0.836. The Morgan fingerprint density at radius 3 is 2.83 bits per heavy atom. The quantitative estimate of drug-likeness (QED) is 0.416. The molecule has 0 aromatic rings.